The first kappa shape index (κ1) is 30.3. The fourth-order valence-electron chi connectivity index (χ4n) is 5.51. The number of allylic oxidation sites excluding steroid dienone is 1. The first-order valence-electron chi connectivity index (χ1n) is 13.9. The molecule has 0 spiro atoms. The molecule has 3 heterocycles. The Labute approximate surface area is 256 Å². The number of fused-ring (bicyclic) bond motifs is 1. The fourth-order valence-corrected chi connectivity index (χ4v) is 6.47. The number of halogens is 3. The maximum Gasteiger partial charge on any atom is 0.387 e. The average Bonchev–Trinajstić information content (AvgIpc) is 3.53. The number of ketones is 1. The number of rotatable bonds is 10. The number of pyridine rings is 1. The third-order valence-electron chi connectivity index (χ3n) is 7.83. The Morgan fingerprint density at radius 3 is 2.58 bits per heavy atom. The van der Waals surface area contributed by atoms with Crippen molar-refractivity contribution in [3.05, 3.63) is 94.1 Å². The zero-order valence-electron chi connectivity index (χ0n) is 24.2. The van der Waals surface area contributed by atoms with Crippen LogP contribution in [0.1, 0.15) is 32.6 Å². The Morgan fingerprint density at radius 2 is 1.89 bits per heavy atom. The van der Waals surface area contributed by atoms with E-state index in [-0.39, 0.29) is 46.9 Å². The molecule has 1 saturated heterocycles. The van der Waals surface area contributed by atoms with E-state index in [2.05, 4.69) is 10.1 Å². The summed E-state index contributed by atoms with van der Waals surface area (Å²) in [5, 5.41) is 4.30. The van der Waals surface area contributed by atoms with E-state index in [1.54, 1.807) is 37.3 Å². The summed E-state index contributed by atoms with van der Waals surface area (Å²) < 4.78 is 77.0. The van der Waals surface area contributed by atoms with Crippen molar-refractivity contribution in [2.75, 3.05) is 25.1 Å². The smallest absolute Gasteiger partial charge is 0.387 e. The number of carbonyl (C=O) groups is 1. The lowest BCUT2D eigenvalue weighted by Gasteiger charge is -2.37. The Hall–Kier alpha value is -4.69. The van der Waals surface area contributed by atoms with Gasteiger partial charge in [-0.15, -0.1) is 0 Å². The summed E-state index contributed by atoms with van der Waals surface area (Å²) in [7, 11) is -3.31. The highest BCUT2D eigenvalue weighted by molar-refractivity contribution is 7.88. The predicted octanol–water partition coefficient (Wildman–Crippen LogP) is 4.95. The van der Waals surface area contributed by atoms with Crippen LogP contribution in [0.4, 0.5) is 19.0 Å². The van der Waals surface area contributed by atoms with Crippen LogP contribution in [-0.2, 0) is 22.9 Å². The molecule has 0 bridgehead atoms. The number of nitrogen functional groups attached to an aromatic ring is 1. The lowest BCUT2D eigenvalue weighted by atomic mass is 9.91. The van der Waals surface area contributed by atoms with Gasteiger partial charge < -0.3 is 15.2 Å². The molecular formula is C31H28F3N5O5S. The molecular weight excluding hydrogens is 611 g/mol. The number of aromatic nitrogens is 3. The molecule has 2 N–H and O–H groups in total. The number of anilines is 1. The Balaban J connectivity index is 1.20. The third kappa shape index (κ3) is 6.15. The normalized spacial score (nSPS) is 15.1. The molecule has 0 saturated carbocycles. The summed E-state index contributed by atoms with van der Waals surface area (Å²) in [5.74, 6) is -0.695. The van der Waals surface area contributed by atoms with Crippen LogP contribution >= 0.6 is 0 Å². The number of ether oxygens (including phenoxy) is 2. The molecule has 14 heteroatoms. The van der Waals surface area contributed by atoms with Gasteiger partial charge in [0.05, 0.1) is 29.9 Å². The van der Waals surface area contributed by atoms with Gasteiger partial charge >= 0.3 is 6.61 Å². The molecule has 234 valence electrons. The van der Waals surface area contributed by atoms with E-state index in [9.17, 15) is 26.4 Å². The molecule has 0 amide bonds. The number of nitrogens with two attached hydrogens (primary N) is 1. The number of para-hydroxylation sites is 1. The Morgan fingerprint density at radius 1 is 1.13 bits per heavy atom. The summed E-state index contributed by atoms with van der Waals surface area (Å²) in [4.78, 5) is 17.8. The van der Waals surface area contributed by atoms with Gasteiger partial charge in [0.15, 0.2) is 17.3 Å². The number of nitrogens with zero attached hydrogens (tertiary/aromatic N) is 4. The number of aryl methyl sites for hydroxylation is 1. The highest BCUT2D eigenvalue weighted by Crippen LogP contribution is 2.37. The van der Waals surface area contributed by atoms with Crippen LogP contribution in [0.25, 0.3) is 11.8 Å². The topological polar surface area (TPSA) is 130 Å². The van der Waals surface area contributed by atoms with Crippen LogP contribution in [0.15, 0.2) is 60.4 Å². The van der Waals surface area contributed by atoms with Crippen LogP contribution in [-0.4, -0.2) is 59.2 Å². The minimum absolute atomic E-state index is 0.00996. The number of benzene rings is 2. The molecule has 4 aromatic rings. The average molecular weight is 640 g/mol. The van der Waals surface area contributed by atoms with Crippen LogP contribution in [0.5, 0.6) is 17.4 Å². The van der Waals surface area contributed by atoms with Crippen molar-refractivity contribution < 1.29 is 35.9 Å². The first-order valence-corrected chi connectivity index (χ1v) is 15.8. The maximum absolute atomic E-state index is 14.0. The van der Waals surface area contributed by atoms with Crippen molar-refractivity contribution in [1.82, 2.24) is 19.1 Å². The lowest BCUT2D eigenvalue weighted by Crippen LogP contribution is -2.50. The highest BCUT2D eigenvalue weighted by Gasteiger charge is 2.34. The number of Topliss-reactive ketones (excluding diaryl/α,β-unsaturated/α-hetero) is 1. The molecule has 2 aliphatic rings. The van der Waals surface area contributed by atoms with E-state index in [4.69, 9.17) is 15.2 Å². The zero-order valence-corrected chi connectivity index (χ0v) is 25.0. The van der Waals surface area contributed by atoms with Gasteiger partial charge in [-0.1, -0.05) is 18.2 Å². The van der Waals surface area contributed by atoms with Gasteiger partial charge in [0.2, 0.25) is 15.9 Å². The number of hydrogen-bond acceptors (Lipinski definition) is 8. The van der Waals surface area contributed by atoms with E-state index < -0.39 is 22.5 Å². The predicted molar refractivity (Wildman–Crippen MR) is 160 cm³/mol. The fraction of sp³-hybridized carbons (Fsp3) is 0.258. The second kappa shape index (κ2) is 11.7. The summed E-state index contributed by atoms with van der Waals surface area (Å²) in [6, 6.07) is 10.8. The minimum Gasteiger partial charge on any atom is -0.436 e. The number of carbonyl (C=O) groups excluding carboxylic acids is 1. The van der Waals surface area contributed by atoms with Gasteiger partial charge in [-0.05, 0) is 65.8 Å². The van der Waals surface area contributed by atoms with Crippen LogP contribution in [0.2, 0.25) is 0 Å². The Bertz CT molecular complexity index is 1950. The van der Waals surface area contributed by atoms with Crippen LogP contribution in [0.3, 0.4) is 0 Å². The Kier molecular flexibility index (Phi) is 7.87. The molecule has 6 rings (SSSR count). The van der Waals surface area contributed by atoms with Crippen molar-refractivity contribution in [3.8, 4) is 23.1 Å². The molecule has 1 aliphatic heterocycles. The van der Waals surface area contributed by atoms with Crippen molar-refractivity contribution in [2.45, 2.75) is 26.4 Å². The third-order valence-corrected chi connectivity index (χ3v) is 9.07. The molecule has 45 heavy (non-hydrogen) atoms. The standard InChI is InChI=1S/C31H28F3N5O5S/c1-17-7-28(43-26-6-4-3-5-24(26)32)36-14-25(17)39-30(35)23(13-37-39)29(40)22-10-19-9-21(8-18-15-38(16-18)45(2,41)42)27(44-31(33)34)12-20(19)11-22/h3-7,9,11-14,18,31H,8,10,15-16,35H2,1-2H3. The summed E-state index contributed by atoms with van der Waals surface area (Å²) in [6.07, 6.45) is 6.14. The molecule has 0 unspecified atom stereocenters. The van der Waals surface area contributed by atoms with Gasteiger partial charge in [0.25, 0.3) is 0 Å². The zero-order chi connectivity index (χ0) is 32.0. The summed E-state index contributed by atoms with van der Waals surface area (Å²) in [5.41, 5.74) is 9.91. The van der Waals surface area contributed by atoms with Crippen molar-refractivity contribution >= 4 is 27.7 Å². The molecule has 2 aromatic carbocycles. The molecule has 1 fully saturated rings. The van der Waals surface area contributed by atoms with Gasteiger partial charge in [0.1, 0.15) is 11.6 Å². The number of hydrogen-bond donors (Lipinski definition) is 1. The van der Waals surface area contributed by atoms with Gasteiger partial charge in [-0.3, -0.25) is 4.79 Å². The lowest BCUT2D eigenvalue weighted by molar-refractivity contribution is -0.0506. The maximum atomic E-state index is 14.0. The minimum atomic E-state index is -3.31. The van der Waals surface area contributed by atoms with Gasteiger partial charge in [-0.25, -0.2) is 26.8 Å². The summed E-state index contributed by atoms with van der Waals surface area (Å²) >= 11 is 0. The second-order valence-corrected chi connectivity index (χ2v) is 13.0. The quantitative estimate of drug-likeness (QED) is 0.242. The van der Waals surface area contributed by atoms with Gasteiger partial charge in [-0.2, -0.15) is 13.9 Å². The first-order chi connectivity index (χ1) is 21.4. The van der Waals surface area contributed by atoms with Crippen LogP contribution < -0.4 is 15.2 Å². The molecule has 0 atom stereocenters. The van der Waals surface area contributed by atoms with Crippen molar-refractivity contribution in [2.24, 2.45) is 5.92 Å². The highest BCUT2D eigenvalue weighted by atomic mass is 32.2. The molecule has 1 aliphatic carbocycles. The van der Waals surface area contributed by atoms with E-state index in [0.717, 1.165) is 11.8 Å². The summed E-state index contributed by atoms with van der Waals surface area (Å²) in [6.45, 7) is -0.689. The monoisotopic (exact) mass is 639 g/mol. The van der Waals surface area contributed by atoms with Crippen molar-refractivity contribution in [3.63, 3.8) is 0 Å². The number of alkyl halides is 2. The molecule has 2 aromatic heterocycles. The molecule has 0 radical (unpaired) electrons. The van der Waals surface area contributed by atoms with E-state index >= 15 is 0 Å². The molecule has 10 nitrogen and oxygen atoms in total. The second-order valence-electron chi connectivity index (χ2n) is 11.1. The van der Waals surface area contributed by atoms with E-state index in [1.165, 1.54) is 39.6 Å². The van der Waals surface area contributed by atoms with Crippen molar-refractivity contribution in [1.29, 1.82) is 0 Å². The van der Waals surface area contributed by atoms with E-state index in [0.29, 0.717) is 47.5 Å². The number of sulfonamides is 1. The largest absolute Gasteiger partial charge is 0.436 e. The van der Waals surface area contributed by atoms with Gasteiger partial charge in [0, 0.05) is 31.1 Å². The van der Waals surface area contributed by atoms with Crippen LogP contribution in [0, 0.1) is 18.7 Å². The van der Waals surface area contributed by atoms with E-state index in [1.807, 2.05) is 0 Å². The SMILES string of the molecule is Cc1cc(Oc2ccccc2F)ncc1-n1ncc(C(=O)C2=Cc3cc(OC(F)F)c(CC4CN(S(C)(=O)=O)C4)cc3C2)c1N.